The molecule has 1 N–H and O–H groups in total. The quantitative estimate of drug-likeness (QED) is 0.826. The summed E-state index contributed by atoms with van der Waals surface area (Å²) in [6.07, 6.45) is 2.73. The van der Waals surface area contributed by atoms with Crippen LogP contribution in [0.1, 0.15) is 25.5 Å². The summed E-state index contributed by atoms with van der Waals surface area (Å²) in [5, 5.41) is 5.94. The van der Waals surface area contributed by atoms with E-state index in [0.717, 1.165) is 41.6 Å². The van der Waals surface area contributed by atoms with Gasteiger partial charge in [0, 0.05) is 23.5 Å². The first-order valence-electron chi connectivity index (χ1n) is 8.79. The molecule has 25 heavy (non-hydrogen) atoms. The topological polar surface area (TPSA) is 54.5 Å². The van der Waals surface area contributed by atoms with Crippen molar-refractivity contribution in [3.63, 3.8) is 0 Å². The average Bonchev–Trinajstić information content (AvgIpc) is 3.29. The van der Waals surface area contributed by atoms with E-state index in [1.165, 1.54) is 12.8 Å². The molecule has 1 aliphatic heterocycles. The fourth-order valence-corrected chi connectivity index (χ4v) is 4.09. The van der Waals surface area contributed by atoms with E-state index in [-0.39, 0.29) is 5.91 Å². The van der Waals surface area contributed by atoms with Crippen molar-refractivity contribution < 1.29 is 9.53 Å². The number of rotatable bonds is 7. The zero-order valence-electron chi connectivity index (χ0n) is 14.8. The third-order valence-corrected chi connectivity index (χ3v) is 5.59. The number of hydrogen-bond donors (Lipinski definition) is 1. The van der Waals surface area contributed by atoms with Crippen LogP contribution < -0.4 is 10.1 Å². The molecule has 1 saturated heterocycles. The molecule has 6 heteroatoms. The van der Waals surface area contributed by atoms with E-state index in [0.29, 0.717) is 12.5 Å². The first-order valence-corrected chi connectivity index (χ1v) is 9.67. The van der Waals surface area contributed by atoms with Gasteiger partial charge in [-0.15, -0.1) is 11.3 Å². The summed E-state index contributed by atoms with van der Waals surface area (Å²) in [7, 11) is 1.65. The molecule has 0 aliphatic carbocycles. The molecule has 2 aromatic rings. The number of likely N-dealkylation sites (N-methyl/N-ethyl adjacent to an activating group) is 1. The minimum atomic E-state index is 0.0467. The van der Waals surface area contributed by atoms with Crippen LogP contribution in [0.3, 0.4) is 0 Å². The number of nitrogens with zero attached hydrogens (tertiary/aromatic N) is 2. The highest BCUT2D eigenvalue weighted by Gasteiger charge is 2.23. The molecule has 1 fully saturated rings. The molecule has 2 heterocycles. The molecule has 5 nitrogen and oxygen atoms in total. The number of ether oxygens (including phenoxy) is 1. The fourth-order valence-electron chi connectivity index (χ4n) is 3.28. The molecule has 3 rings (SSSR count). The Hall–Kier alpha value is -1.92. The lowest BCUT2D eigenvalue weighted by molar-refractivity contribution is -0.120. The van der Waals surface area contributed by atoms with Crippen LogP contribution in [0.25, 0.3) is 10.6 Å². The van der Waals surface area contributed by atoms with Crippen molar-refractivity contribution in [3.8, 4) is 16.3 Å². The first-order chi connectivity index (χ1) is 12.2. The Morgan fingerprint density at radius 2 is 2.36 bits per heavy atom. The van der Waals surface area contributed by atoms with Crippen molar-refractivity contribution in [1.82, 2.24) is 15.2 Å². The van der Waals surface area contributed by atoms with Gasteiger partial charge in [0.2, 0.25) is 5.91 Å². The van der Waals surface area contributed by atoms with Crippen LogP contribution in [0.4, 0.5) is 0 Å². The van der Waals surface area contributed by atoms with Gasteiger partial charge in [0.05, 0.1) is 19.2 Å². The van der Waals surface area contributed by atoms with Crippen molar-refractivity contribution in [3.05, 3.63) is 35.3 Å². The smallest absolute Gasteiger partial charge is 0.226 e. The van der Waals surface area contributed by atoms with Gasteiger partial charge in [-0.2, -0.15) is 0 Å². The summed E-state index contributed by atoms with van der Waals surface area (Å²) < 4.78 is 5.25. The summed E-state index contributed by atoms with van der Waals surface area (Å²) in [5.74, 6) is 0.856. The average molecular weight is 359 g/mol. The minimum absolute atomic E-state index is 0.0467. The molecule has 0 bridgehead atoms. The number of benzene rings is 1. The summed E-state index contributed by atoms with van der Waals surface area (Å²) in [5.41, 5.74) is 1.83. The highest BCUT2D eigenvalue weighted by molar-refractivity contribution is 7.13. The maximum atomic E-state index is 12.2. The highest BCUT2D eigenvalue weighted by atomic mass is 32.1. The molecule has 0 saturated carbocycles. The maximum Gasteiger partial charge on any atom is 0.226 e. The normalized spacial score (nSPS) is 17.6. The number of hydrogen-bond acceptors (Lipinski definition) is 5. The van der Waals surface area contributed by atoms with Gasteiger partial charge in [-0.1, -0.05) is 19.1 Å². The van der Waals surface area contributed by atoms with E-state index in [1.807, 2.05) is 29.6 Å². The van der Waals surface area contributed by atoms with Gasteiger partial charge in [0.15, 0.2) is 0 Å². The summed E-state index contributed by atoms with van der Waals surface area (Å²) in [4.78, 5) is 19.3. The second-order valence-corrected chi connectivity index (χ2v) is 7.14. The second-order valence-electron chi connectivity index (χ2n) is 6.28. The van der Waals surface area contributed by atoms with Crippen molar-refractivity contribution in [1.29, 1.82) is 0 Å². The van der Waals surface area contributed by atoms with E-state index in [2.05, 4.69) is 22.1 Å². The molecule has 134 valence electrons. The van der Waals surface area contributed by atoms with E-state index in [4.69, 9.17) is 4.74 Å². The van der Waals surface area contributed by atoms with E-state index >= 15 is 0 Å². The van der Waals surface area contributed by atoms with Gasteiger partial charge in [-0.25, -0.2) is 4.98 Å². The third kappa shape index (κ3) is 4.58. The third-order valence-electron chi connectivity index (χ3n) is 4.65. The molecule has 1 aliphatic rings. The molecule has 1 atom stereocenters. The number of likely N-dealkylation sites (tertiary alicyclic amines) is 1. The zero-order chi connectivity index (χ0) is 17.6. The molecule has 1 aromatic carbocycles. The van der Waals surface area contributed by atoms with E-state index < -0.39 is 0 Å². The maximum absolute atomic E-state index is 12.2. The number of amides is 1. The lowest BCUT2D eigenvalue weighted by atomic mass is 10.2. The summed E-state index contributed by atoms with van der Waals surface area (Å²) >= 11 is 1.56. The van der Waals surface area contributed by atoms with Gasteiger partial charge in [-0.05, 0) is 38.1 Å². The summed E-state index contributed by atoms with van der Waals surface area (Å²) in [6.45, 7) is 5.11. The molecule has 0 spiro atoms. The Labute approximate surface area is 153 Å². The molecular formula is C19H25N3O2S. The van der Waals surface area contributed by atoms with Gasteiger partial charge in [0.1, 0.15) is 10.8 Å². The van der Waals surface area contributed by atoms with Gasteiger partial charge in [-0.3, -0.25) is 9.69 Å². The SMILES string of the molecule is CCN1CCC[C@H]1CNC(=O)Cc1csc(-c2cccc(OC)c2)n1. The molecule has 0 unspecified atom stereocenters. The Bertz CT molecular complexity index is 716. The largest absolute Gasteiger partial charge is 0.497 e. The Balaban J connectivity index is 1.54. The summed E-state index contributed by atoms with van der Waals surface area (Å²) in [6, 6.07) is 8.31. The molecular weight excluding hydrogens is 334 g/mol. The second kappa shape index (κ2) is 8.45. The Morgan fingerprint density at radius 1 is 1.48 bits per heavy atom. The van der Waals surface area contributed by atoms with Crippen LogP contribution in [0, 0.1) is 0 Å². The highest BCUT2D eigenvalue weighted by Crippen LogP contribution is 2.27. The van der Waals surface area contributed by atoms with Gasteiger partial charge in [0.25, 0.3) is 0 Å². The predicted molar refractivity (Wildman–Crippen MR) is 101 cm³/mol. The molecule has 1 amide bonds. The van der Waals surface area contributed by atoms with Gasteiger partial charge < -0.3 is 10.1 Å². The van der Waals surface area contributed by atoms with E-state index in [1.54, 1.807) is 18.4 Å². The van der Waals surface area contributed by atoms with Crippen molar-refractivity contribution in [2.75, 3.05) is 26.7 Å². The number of aromatic nitrogens is 1. The number of methoxy groups -OCH3 is 1. The van der Waals surface area contributed by atoms with Crippen molar-refractivity contribution >= 4 is 17.2 Å². The van der Waals surface area contributed by atoms with Crippen LogP contribution in [0.15, 0.2) is 29.6 Å². The number of thiazole rings is 1. The van der Waals surface area contributed by atoms with Crippen LogP contribution >= 0.6 is 11.3 Å². The lowest BCUT2D eigenvalue weighted by Crippen LogP contribution is -2.40. The van der Waals surface area contributed by atoms with Crippen LogP contribution in [-0.4, -0.2) is 48.6 Å². The Kier molecular flexibility index (Phi) is 6.04. The van der Waals surface area contributed by atoms with Gasteiger partial charge >= 0.3 is 0 Å². The standard InChI is InChI=1S/C19H25N3O2S/c1-3-22-9-5-7-16(22)12-20-18(23)11-15-13-25-19(21-15)14-6-4-8-17(10-14)24-2/h4,6,8,10,13,16H,3,5,7,9,11-12H2,1-2H3,(H,20,23)/t16-/m0/s1. The van der Waals surface area contributed by atoms with Crippen LogP contribution in [0.5, 0.6) is 5.75 Å². The predicted octanol–water partition coefficient (Wildman–Crippen LogP) is 2.96. The van der Waals surface area contributed by atoms with E-state index in [9.17, 15) is 4.79 Å². The molecule has 1 aromatic heterocycles. The van der Waals surface area contributed by atoms with Crippen LogP contribution in [0.2, 0.25) is 0 Å². The number of carbonyl (C=O) groups is 1. The van der Waals surface area contributed by atoms with Crippen molar-refractivity contribution in [2.45, 2.75) is 32.2 Å². The minimum Gasteiger partial charge on any atom is -0.497 e. The van der Waals surface area contributed by atoms with Crippen LogP contribution in [-0.2, 0) is 11.2 Å². The first kappa shape index (κ1) is 17.9. The number of nitrogens with one attached hydrogen (secondary N) is 1. The fraction of sp³-hybridized carbons (Fsp3) is 0.474. The Morgan fingerprint density at radius 3 is 3.16 bits per heavy atom. The lowest BCUT2D eigenvalue weighted by Gasteiger charge is -2.22. The van der Waals surface area contributed by atoms with Crippen molar-refractivity contribution in [2.24, 2.45) is 0 Å². The number of carbonyl (C=O) groups excluding carboxylic acids is 1. The monoisotopic (exact) mass is 359 g/mol. The molecule has 0 radical (unpaired) electrons. The zero-order valence-corrected chi connectivity index (χ0v) is 15.6.